The number of methoxy groups -OCH3 is 1. The number of fused-ring (bicyclic) bond motifs is 1. The first-order valence-corrected chi connectivity index (χ1v) is 12.9. The van der Waals surface area contributed by atoms with E-state index in [9.17, 15) is 4.79 Å². The van der Waals surface area contributed by atoms with E-state index >= 15 is 0 Å². The van der Waals surface area contributed by atoms with Crippen molar-refractivity contribution in [1.29, 1.82) is 0 Å². The zero-order chi connectivity index (χ0) is 22.3. The second-order valence-electron chi connectivity index (χ2n) is 7.53. The summed E-state index contributed by atoms with van der Waals surface area (Å²) in [4.78, 5) is 22.8. The molecule has 2 aromatic carbocycles. The van der Waals surface area contributed by atoms with E-state index in [2.05, 4.69) is 21.2 Å². The van der Waals surface area contributed by atoms with Crippen molar-refractivity contribution in [2.45, 2.75) is 11.3 Å². The molecule has 9 heteroatoms. The van der Waals surface area contributed by atoms with Gasteiger partial charge in [0.25, 0.3) is 0 Å². The number of nitrogens with one attached hydrogen (secondary N) is 1. The number of para-hydroxylation sites is 1. The van der Waals surface area contributed by atoms with Crippen molar-refractivity contribution in [2.24, 2.45) is 0 Å². The van der Waals surface area contributed by atoms with Crippen molar-refractivity contribution < 1.29 is 9.53 Å². The molecule has 0 radical (unpaired) electrons. The van der Waals surface area contributed by atoms with Gasteiger partial charge in [0.2, 0.25) is 5.91 Å². The standard InChI is InChI=1S/C23H27ClN4O2S2/c1-30-19-3-2-4-20-22(19)26-23(32-20)28-14-12-27(13-15-28)11-10-25-21(29)9-16-31-18-7-5-17(24)6-8-18/h2-8H,9-16H2,1H3,(H,25,29). The number of carbonyl (C=O) groups is 1. The number of anilines is 1. The Bertz CT molecular complexity index is 1040. The van der Waals surface area contributed by atoms with E-state index in [1.807, 2.05) is 36.4 Å². The number of ether oxygens (including phenoxy) is 1. The number of thioether (sulfide) groups is 1. The molecule has 0 atom stereocenters. The smallest absolute Gasteiger partial charge is 0.220 e. The Labute approximate surface area is 201 Å². The molecule has 1 aliphatic heterocycles. The first-order chi connectivity index (χ1) is 15.6. The van der Waals surface area contributed by atoms with Crippen LogP contribution in [-0.4, -0.2) is 67.9 Å². The van der Waals surface area contributed by atoms with Crippen LogP contribution < -0.4 is 15.0 Å². The van der Waals surface area contributed by atoms with Crippen LogP contribution in [-0.2, 0) is 4.79 Å². The minimum atomic E-state index is 0.105. The van der Waals surface area contributed by atoms with Gasteiger partial charge in [-0.25, -0.2) is 4.98 Å². The number of rotatable bonds is 9. The Morgan fingerprint density at radius 2 is 1.97 bits per heavy atom. The van der Waals surface area contributed by atoms with Crippen LogP contribution in [0.25, 0.3) is 10.2 Å². The van der Waals surface area contributed by atoms with Gasteiger partial charge >= 0.3 is 0 Å². The third kappa shape index (κ3) is 6.07. The number of amides is 1. The lowest BCUT2D eigenvalue weighted by Crippen LogP contribution is -2.48. The number of carbonyl (C=O) groups excluding carboxylic acids is 1. The van der Waals surface area contributed by atoms with Gasteiger partial charge in [-0.15, -0.1) is 11.8 Å². The van der Waals surface area contributed by atoms with E-state index in [4.69, 9.17) is 21.3 Å². The summed E-state index contributed by atoms with van der Waals surface area (Å²) in [5.41, 5.74) is 0.939. The molecule has 0 spiro atoms. The number of nitrogens with zero attached hydrogens (tertiary/aromatic N) is 3. The highest BCUT2D eigenvalue weighted by Crippen LogP contribution is 2.34. The lowest BCUT2D eigenvalue weighted by molar-refractivity contribution is -0.120. The van der Waals surface area contributed by atoms with Gasteiger partial charge < -0.3 is 15.0 Å². The summed E-state index contributed by atoms with van der Waals surface area (Å²) in [6.07, 6.45) is 0.516. The minimum absolute atomic E-state index is 0.105. The SMILES string of the molecule is COc1cccc2sc(N3CCN(CCNC(=O)CCSc4ccc(Cl)cc4)CC3)nc12. The molecule has 4 rings (SSSR count). The Morgan fingerprint density at radius 1 is 1.19 bits per heavy atom. The fourth-order valence-electron chi connectivity index (χ4n) is 3.61. The van der Waals surface area contributed by atoms with Crippen LogP contribution in [0.3, 0.4) is 0 Å². The lowest BCUT2D eigenvalue weighted by Gasteiger charge is -2.34. The average molecular weight is 491 g/mol. The average Bonchev–Trinajstić information content (AvgIpc) is 3.25. The monoisotopic (exact) mass is 490 g/mol. The summed E-state index contributed by atoms with van der Waals surface area (Å²) >= 11 is 9.28. The van der Waals surface area contributed by atoms with Crippen molar-refractivity contribution in [1.82, 2.24) is 15.2 Å². The van der Waals surface area contributed by atoms with E-state index in [-0.39, 0.29) is 5.91 Å². The molecule has 6 nitrogen and oxygen atoms in total. The Kier molecular flexibility index (Phi) is 8.13. The van der Waals surface area contributed by atoms with Crippen LogP contribution in [0.4, 0.5) is 5.13 Å². The van der Waals surface area contributed by atoms with Gasteiger partial charge in [0.15, 0.2) is 5.13 Å². The topological polar surface area (TPSA) is 57.7 Å². The van der Waals surface area contributed by atoms with Crippen molar-refractivity contribution in [3.63, 3.8) is 0 Å². The molecule has 1 amide bonds. The summed E-state index contributed by atoms with van der Waals surface area (Å²) in [5.74, 6) is 1.69. The summed E-state index contributed by atoms with van der Waals surface area (Å²) in [5, 5.41) is 4.83. The molecule has 2 heterocycles. The number of benzene rings is 2. The van der Waals surface area contributed by atoms with Crippen molar-refractivity contribution in [3.05, 3.63) is 47.5 Å². The van der Waals surface area contributed by atoms with Gasteiger partial charge in [-0.05, 0) is 36.4 Å². The van der Waals surface area contributed by atoms with E-state index in [0.717, 1.165) is 69.5 Å². The number of aromatic nitrogens is 1. The summed E-state index contributed by atoms with van der Waals surface area (Å²) in [6.45, 7) is 5.37. The highest BCUT2D eigenvalue weighted by molar-refractivity contribution is 7.99. The Balaban J connectivity index is 1.15. The fourth-order valence-corrected chi connectivity index (χ4v) is 5.62. The highest BCUT2D eigenvalue weighted by Gasteiger charge is 2.20. The van der Waals surface area contributed by atoms with E-state index in [1.165, 1.54) is 0 Å². The van der Waals surface area contributed by atoms with Gasteiger partial charge in [0, 0.05) is 61.4 Å². The molecule has 0 unspecified atom stereocenters. The largest absolute Gasteiger partial charge is 0.494 e. The first kappa shape index (κ1) is 23.2. The third-order valence-corrected chi connectivity index (χ3v) is 7.74. The molecule has 0 aliphatic carbocycles. The van der Waals surface area contributed by atoms with Crippen molar-refractivity contribution in [3.8, 4) is 5.75 Å². The van der Waals surface area contributed by atoms with Crippen LogP contribution in [0.2, 0.25) is 5.02 Å². The second kappa shape index (κ2) is 11.2. The zero-order valence-corrected chi connectivity index (χ0v) is 20.4. The van der Waals surface area contributed by atoms with Gasteiger partial charge in [0.1, 0.15) is 11.3 Å². The lowest BCUT2D eigenvalue weighted by atomic mass is 10.3. The van der Waals surface area contributed by atoms with E-state index in [1.54, 1.807) is 30.2 Å². The van der Waals surface area contributed by atoms with Crippen LogP contribution in [0.5, 0.6) is 5.75 Å². The molecular formula is C23H27ClN4O2S2. The third-order valence-electron chi connectivity index (χ3n) is 5.40. The molecule has 1 N–H and O–H groups in total. The number of thiazole rings is 1. The van der Waals surface area contributed by atoms with Crippen LogP contribution in [0, 0.1) is 0 Å². The predicted octanol–water partition coefficient (Wildman–Crippen LogP) is 4.38. The summed E-state index contributed by atoms with van der Waals surface area (Å²) in [6, 6.07) is 13.8. The van der Waals surface area contributed by atoms with Crippen LogP contribution in [0.15, 0.2) is 47.4 Å². The normalized spacial score (nSPS) is 14.6. The molecule has 1 saturated heterocycles. The van der Waals surface area contributed by atoms with Gasteiger partial charge in [0.05, 0.1) is 11.8 Å². The maximum atomic E-state index is 12.1. The van der Waals surface area contributed by atoms with Gasteiger partial charge in [-0.1, -0.05) is 29.0 Å². The molecule has 32 heavy (non-hydrogen) atoms. The Hall–Kier alpha value is -2.00. The first-order valence-electron chi connectivity index (χ1n) is 10.7. The summed E-state index contributed by atoms with van der Waals surface area (Å²) < 4.78 is 6.59. The van der Waals surface area contributed by atoms with Gasteiger partial charge in [-0.2, -0.15) is 0 Å². The number of hydrogen-bond acceptors (Lipinski definition) is 7. The Morgan fingerprint density at radius 3 is 2.72 bits per heavy atom. The minimum Gasteiger partial charge on any atom is -0.494 e. The van der Waals surface area contributed by atoms with E-state index < -0.39 is 0 Å². The summed E-state index contributed by atoms with van der Waals surface area (Å²) in [7, 11) is 1.68. The van der Waals surface area contributed by atoms with E-state index in [0.29, 0.717) is 13.0 Å². The maximum absolute atomic E-state index is 12.1. The quantitative estimate of drug-likeness (QED) is 0.449. The maximum Gasteiger partial charge on any atom is 0.220 e. The number of hydrogen-bond donors (Lipinski definition) is 1. The predicted molar refractivity (Wildman–Crippen MR) is 135 cm³/mol. The second-order valence-corrected chi connectivity index (χ2v) is 10.1. The number of halogens is 1. The zero-order valence-electron chi connectivity index (χ0n) is 18.1. The molecule has 170 valence electrons. The molecule has 1 fully saturated rings. The van der Waals surface area contributed by atoms with Gasteiger partial charge in [-0.3, -0.25) is 9.69 Å². The molecular weight excluding hydrogens is 464 g/mol. The van der Waals surface area contributed by atoms with Crippen molar-refractivity contribution >= 4 is 56.0 Å². The molecule has 1 aromatic heterocycles. The molecule has 0 saturated carbocycles. The van der Waals surface area contributed by atoms with Crippen molar-refractivity contribution in [2.75, 3.05) is 57.0 Å². The molecule has 0 bridgehead atoms. The number of piperazine rings is 1. The molecule has 3 aromatic rings. The van der Waals surface area contributed by atoms with Crippen LogP contribution >= 0.6 is 34.7 Å². The molecule has 1 aliphatic rings. The van der Waals surface area contributed by atoms with Crippen LogP contribution in [0.1, 0.15) is 6.42 Å². The highest BCUT2D eigenvalue weighted by atomic mass is 35.5. The fraction of sp³-hybridized carbons (Fsp3) is 0.391.